The van der Waals surface area contributed by atoms with Crippen molar-refractivity contribution in [1.29, 1.82) is 0 Å². The Labute approximate surface area is 140 Å². The summed E-state index contributed by atoms with van der Waals surface area (Å²) in [4.78, 5) is 0. The zero-order valence-electron chi connectivity index (χ0n) is 13.2. The molecule has 1 heterocycles. The lowest BCUT2D eigenvalue weighted by Crippen LogP contribution is -2.06. The predicted molar refractivity (Wildman–Crippen MR) is 98.0 cm³/mol. The Morgan fingerprint density at radius 2 is 1.58 bits per heavy atom. The van der Waals surface area contributed by atoms with Crippen molar-refractivity contribution in [1.82, 2.24) is 4.57 Å². The SMILES string of the molecule is N/N=C/c1cc(/C(=N/N)c2ccccc2)cn1Cc1ccccc1. The van der Waals surface area contributed by atoms with Crippen LogP contribution in [0.3, 0.4) is 0 Å². The molecule has 0 saturated carbocycles. The second-order valence-corrected chi connectivity index (χ2v) is 5.39. The van der Waals surface area contributed by atoms with Gasteiger partial charge in [0.2, 0.25) is 0 Å². The number of hydrogen-bond donors (Lipinski definition) is 2. The van der Waals surface area contributed by atoms with E-state index in [1.165, 1.54) is 5.56 Å². The first-order valence-electron chi connectivity index (χ1n) is 7.63. The van der Waals surface area contributed by atoms with E-state index >= 15 is 0 Å². The van der Waals surface area contributed by atoms with Crippen molar-refractivity contribution in [3.05, 3.63) is 95.3 Å². The number of nitrogens with two attached hydrogens (primary N) is 2. The number of hydrogen-bond acceptors (Lipinski definition) is 4. The molecule has 0 bridgehead atoms. The van der Waals surface area contributed by atoms with Crippen LogP contribution in [0.15, 0.2) is 83.1 Å². The summed E-state index contributed by atoms with van der Waals surface area (Å²) in [5, 5.41) is 7.64. The molecule has 120 valence electrons. The Kier molecular flexibility index (Phi) is 4.72. The zero-order chi connectivity index (χ0) is 16.8. The lowest BCUT2D eigenvalue weighted by Gasteiger charge is -2.06. The first-order chi connectivity index (χ1) is 11.8. The molecule has 24 heavy (non-hydrogen) atoms. The van der Waals surface area contributed by atoms with E-state index in [4.69, 9.17) is 11.7 Å². The van der Waals surface area contributed by atoms with Gasteiger partial charge in [-0.25, -0.2) is 0 Å². The van der Waals surface area contributed by atoms with Crippen LogP contribution in [-0.4, -0.2) is 16.5 Å². The molecule has 1 aromatic heterocycles. The number of hydrazone groups is 2. The van der Waals surface area contributed by atoms with Gasteiger partial charge in [0.05, 0.1) is 17.6 Å². The molecule has 0 amide bonds. The van der Waals surface area contributed by atoms with Gasteiger partial charge in [-0.2, -0.15) is 10.2 Å². The zero-order valence-corrected chi connectivity index (χ0v) is 13.2. The monoisotopic (exact) mass is 317 g/mol. The van der Waals surface area contributed by atoms with Crippen LogP contribution in [0.5, 0.6) is 0 Å². The lowest BCUT2D eigenvalue weighted by molar-refractivity contribution is 0.799. The molecule has 3 aromatic rings. The molecule has 0 fully saturated rings. The van der Waals surface area contributed by atoms with E-state index in [0.717, 1.165) is 29.1 Å². The van der Waals surface area contributed by atoms with E-state index in [-0.39, 0.29) is 0 Å². The first-order valence-corrected chi connectivity index (χ1v) is 7.63. The van der Waals surface area contributed by atoms with Crippen molar-refractivity contribution in [3.63, 3.8) is 0 Å². The van der Waals surface area contributed by atoms with E-state index < -0.39 is 0 Å². The lowest BCUT2D eigenvalue weighted by atomic mass is 10.1. The third kappa shape index (κ3) is 3.35. The van der Waals surface area contributed by atoms with Gasteiger partial charge in [-0.1, -0.05) is 60.7 Å². The summed E-state index contributed by atoms with van der Waals surface area (Å²) < 4.78 is 2.08. The fourth-order valence-electron chi connectivity index (χ4n) is 2.67. The van der Waals surface area contributed by atoms with Crippen LogP contribution >= 0.6 is 0 Å². The third-order valence-electron chi connectivity index (χ3n) is 3.78. The van der Waals surface area contributed by atoms with Gasteiger partial charge in [-0.15, -0.1) is 0 Å². The van der Waals surface area contributed by atoms with Gasteiger partial charge in [-0.05, 0) is 11.6 Å². The number of benzene rings is 2. The van der Waals surface area contributed by atoms with Gasteiger partial charge in [-0.3, -0.25) is 0 Å². The quantitative estimate of drug-likeness (QED) is 0.431. The molecule has 0 spiro atoms. The molecule has 4 N–H and O–H groups in total. The van der Waals surface area contributed by atoms with Crippen LogP contribution in [0, 0.1) is 0 Å². The summed E-state index contributed by atoms with van der Waals surface area (Å²) in [6.07, 6.45) is 3.65. The minimum Gasteiger partial charge on any atom is -0.342 e. The van der Waals surface area contributed by atoms with E-state index in [0.29, 0.717) is 0 Å². The fraction of sp³-hybridized carbons (Fsp3) is 0.0526. The molecule has 0 radical (unpaired) electrons. The van der Waals surface area contributed by atoms with Gasteiger partial charge in [0.1, 0.15) is 0 Å². The van der Waals surface area contributed by atoms with Crippen LogP contribution < -0.4 is 11.7 Å². The minimum atomic E-state index is 0.717. The van der Waals surface area contributed by atoms with Gasteiger partial charge in [0, 0.05) is 23.9 Å². The summed E-state index contributed by atoms with van der Waals surface area (Å²) >= 11 is 0. The fourth-order valence-corrected chi connectivity index (χ4v) is 2.67. The number of rotatable bonds is 5. The van der Waals surface area contributed by atoms with E-state index in [9.17, 15) is 0 Å². The van der Waals surface area contributed by atoms with E-state index in [1.807, 2.05) is 60.8 Å². The maximum atomic E-state index is 5.64. The van der Waals surface area contributed by atoms with Gasteiger partial charge in [0.15, 0.2) is 0 Å². The smallest absolute Gasteiger partial charge is 0.0986 e. The number of nitrogens with zero attached hydrogens (tertiary/aromatic N) is 3. The average molecular weight is 317 g/mol. The van der Waals surface area contributed by atoms with Crippen molar-refractivity contribution < 1.29 is 0 Å². The van der Waals surface area contributed by atoms with Crippen LogP contribution in [0.1, 0.15) is 22.4 Å². The van der Waals surface area contributed by atoms with Crippen LogP contribution in [-0.2, 0) is 6.54 Å². The average Bonchev–Trinajstić information content (AvgIpc) is 3.00. The third-order valence-corrected chi connectivity index (χ3v) is 3.78. The van der Waals surface area contributed by atoms with Crippen LogP contribution in [0.25, 0.3) is 0 Å². The van der Waals surface area contributed by atoms with Crippen molar-refractivity contribution in [2.24, 2.45) is 21.9 Å². The largest absolute Gasteiger partial charge is 0.342 e. The van der Waals surface area contributed by atoms with Crippen molar-refractivity contribution in [3.8, 4) is 0 Å². The highest BCUT2D eigenvalue weighted by atomic mass is 15.1. The normalized spacial score (nSPS) is 11.9. The van der Waals surface area contributed by atoms with Crippen LogP contribution in [0.4, 0.5) is 0 Å². The summed E-state index contributed by atoms with van der Waals surface area (Å²) in [5.74, 6) is 11.0. The highest BCUT2D eigenvalue weighted by Gasteiger charge is 2.12. The van der Waals surface area contributed by atoms with Gasteiger partial charge < -0.3 is 16.3 Å². The Morgan fingerprint density at radius 1 is 0.917 bits per heavy atom. The molecule has 0 aliphatic rings. The van der Waals surface area contributed by atoms with E-state index in [2.05, 4.69) is 26.9 Å². The maximum absolute atomic E-state index is 5.64. The van der Waals surface area contributed by atoms with E-state index in [1.54, 1.807) is 6.21 Å². The Bertz CT molecular complexity index is 848. The molecular formula is C19H19N5. The minimum absolute atomic E-state index is 0.717. The molecule has 5 heteroatoms. The van der Waals surface area contributed by atoms with Crippen LogP contribution in [0.2, 0.25) is 0 Å². The molecule has 0 atom stereocenters. The summed E-state index contributed by atoms with van der Waals surface area (Å²) in [5.41, 5.74) is 4.71. The Balaban J connectivity index is 1.99. The van der Waals surface area contributed by atoms with Gasteiger partial charge in [0.25, 0.3) is 0 Å². The maximum Gasteiger partial charge on any atom is 0.0986 e. The molecule has 0 aliphatic carbocycles. The number of aromatic nitrogens is 1. The van der Waals surface area contributed by atoms with Crippen molar-refractivity contribution >= 4 is 11.9 Å². The second kappa shape index (κ2) is 7.28. The summed E-state index contributed by atoms with van der Waals surface area (Å²) in [6, 6.07) is 22.0. The topological polar surface area (TPSA) is 81.7 Å². The molecule has 3 rings (SSSR count). The molecule has 0 unspecified atom stereocenters. The highest BCUT2D eigenvalue weighted by molar-refractivity contribution is 6.13. The molecule has 2 aromatic carbocycles. The first kappa shape index (κ1) is 15.6. The second-order valence-electron chi connectivity index (χ2n) is 5.39. The van der Waals surface area contributed by atoms with Crippen molar-refractivity contribution in [2.45, 2.75) is 6.54 Å². The molecule has 0 aliphatic heterocycles. The van der Waals surface area contributed by atoms with Gasteiger partial charge >= 0.3 is 0 Å². The summed E-state index contributed by atoms with van der Waals surface area (Å²) in [7, 11) is 0. The van der Waals surface area contributed by atoms with Crippen molar-refractivity contribution in [2.75, 3.05) is 0 Å². The standard InChI is InChI=1S/C19H19N5/c20-22-12-18-11-17(19(23-21)16-9-5-2-6-10-16)14-24(18)13-15-7-3-1-4-8-15/h1-12,14H,13,20-21H2/b22-12+,23-19+. The summed E-state index contributed by atoms with van der Waals surface area (Å²) in [6.45, 7) is 0.717. The highest BCUT2D eigenvalue weighted by Crippen LogP contribution is 2.15. The molecular weight excluding hydrogens is 298 g/mol. The predicted octanol–water partition coefficient (Wildman–Crippen LogP) is 2.54. The molecule has 0 saturated heterocycles. The Hall–Kier alpha value is -3.34. The molecule has 5 nitrogen and oxygen atoms in total. The Morgan fingerprint density at radius 3 is 2.21 bits per heavy atom.